The number of fused-ring (bicyclic) bond motifs is 2. The van der Waals surface area contributed by atoms with Gasteiger partial charge < -0.3 is 34.7 Å². The molecule has 3 aliphatic heterocycles. The molecule has 0 aliphatic carbocycles. The monoisotopic (exact) mass is 964 g/mol. The molecule has 0 unspecified atom stereocenters. The molecule has 0 bridgehead atoms. The maximum Gasteiger partial charge on any atom is 0.407 e. The minimum absolute atomic E-state index is 0.0210. The number of anilines is 1. The van der Waals surface area contributed by atoms with E-state index in [0.29, 0.717) is 6.54 Å². The quantitative estimate of drug-likeness (QED) is 0.0971. The Morgan fingerprint density at radius 2 is 1.36 bits per heavy atom. The Morgan fingerprint density at radius 3 is 1.90 bits per heavy atom. The van der Waals surface area contributed by atoms with Crippen LogP contribution in [0.5, 0.6) is 0 Å². The molecule has 370 valence electrons. The number of methoxy groups -OCH3 is 1. The highest BCUT2D eigenvalue weighted by Gasteiger charge is 2.46. The van der Waals surface area contributed by atoms with E-state index < -0.39 is 20.2 Å². The number of hydrogen-bond donors (Lipinski definition) is 3. The van der Waals surface area contributed by atoms with Crippen molar-refractivity contribution in [1.82, 2.24) is 40.0 Å². The number of alkyl carbamates (subject to hydrolysis) is 1. The number of likely N-dealkylation sites (tertiary alicyclic amines) is 1. The molecular formula is C56H73N9O4Si. The summed E-state index contributed by atoms with van der Waals surface area (Å²) in [7, 11) is -0.448. The van der Waals surface area contributed by atoms with Crippen LogP contribution in [0.25, 0.3) is 22.1 Å². The van der Waals surface area contributed by atoms with E-state index in [2.05, 4.69) is 150 Å². The van der Waals surface area contributed by atoms with Gasteiger partial charge in [0, 0.05) is 18.4 Å². The summed E-state index contributed by atoms with van der Waals surface area (Å²) in [5.41, 5.74) is 9.66. The number of H-pyrrole nitrogens is 2. The lowest BCUT2D eigenvalue weighted by atomic mass is 9.87. The van der Waals surface area contributed by atoms with Gasteiger partial charge in [0.1, 0.15) is 23.7 Å². The van der Waals surface area contributed by atoms with Crippen LogP contribution < -0.4 is 10.2 Å². The fraction of sp³-hybridized carbons (Fsp3) is 0.482. The predicted molar refractivity (Wildman–Crippen MR) is 281 cm³/mol. The van der Waals surface area contributed by atoms with E-state index in [9.17, 15) is 14.4 Å². The van der Waals surface area contributed by atoms with Crippen LogP contribution in [-0.4, -0.2) is 99.6 Å². The Bertz CT molecular complexity index is 2830. The van der Waals surface area contributed by atoms with Crippen molar-refractivity contribution >= 4 is 53.7 Å². The molecule has 3 aliphatic rings. The Labute approximate surface area is 414 Å². The van der Waals surface area contributed by atoms with Crippen LogP contribution in [0.3, 0.4) is 0 Å². The molecular weight excluding hydrogens is 891 g/mol. The molecule has 0 radical (unpaired) electrons. The van der Waals surface area contributed by atoms with Gasteiger partial charge in [-0.2, -0.15) is 0 Å². The summed E-state index contributed by atoms with van der Waals surface area (Å²) in [4.78, 5) is 67.7. The third kappa shape index (κ3) is 9.60. The predicted octanol–water partition coefficient (Wildman–Crippen LogP) is 11.1. The minimum Gasteiger partial charge on any atom is -0.453 e. The molecule has 3 amide bonds. The zero-order valence-corrected chi connectivity index (χ0v) is 43.9. The van der Waals surface area contributed by atoms with Crippen LogP contribution in [0.15, 0.2) is 91.0 Å². The van der Waals surface area contributed by atoms with Crippen molar-refractivity contribution in [2.75, 3.05) is 37.8 Å². The van der Waals surface area contributed by atoms with Crippen molar-refractivity contribution in [3.63, 3.8) is 0 Å². The fourth-order valence-corrected chi connectivity index (χ4v) is 14.5. The molecule has 0 spiro atoms. The van der Waals surface area contributed by atoms with Crippen molar-refractivity contribution in [2.24, 2.45) is 5.92 Å². The number of amides is 3. The molecule has 9 rings (SSSR count). The Hall–Kier alpha value is -5.99. The second-order valence-electron chi connectivity index (χ2n) is 22.0. The highest BCUT2D eigenvalue weighted by atomic mass is 28.3. The number of ether oxygens (including phenoxy) is 1. The number of carbonyl (C=O) groups excluding carboxylic acids is 3. The lowest BCUT2D eigenvalue weighted by molar-refractivity contribution is -0.138. The van der Waals surface area contributed by atoms with Gasteiger partial charge in [0.15, 0.2) is 0 Å². The first-order chi connectivity index (χ1) is 33.5. The normalized spacial score (nSPS) is 21.3. The number of carbonyl (C=O) groups is 3. The van der Waals surface area contributed by atoms with Crippen molar-refractivity contribution in [3.8, 4) is 0 Å². The van der Waals surface area contributed by atoms with E-state index in [1.165, 1.54) is 29.5 Å². The first kappa shape index (κ1) is 49.0. The summed E-state index contributed by atoms with van der Waals surface area (Å²) >= 11 is 0. The van der Waals surface area contributed by atoms with E-state index in [0.717, 1.165) is 90.3 Å². The molecule has 3 fully saturated rings. The van der Waals surface area contributed by atoms with Gasteiger partial charge in [0.25, 0.3) is 0 Å². The number of hydrogen-bond acceptors (Lipinski definition) is 8. The number of rotatable bonds is 13. The SMILES string of the molecule is CCN(CC)[C@@H](C(=O)N1C[Si](C)(C)C[C@H]1c1nc2ccc([C@H]3CC[C@H](c4ccc5nc([C@@H]6CCCN6C(=O)[C@@H](NC(=O)OC)C(C)C)[nH]c5c4)N3c3ccc(C(C)(C)C)cc3)cc2[nH]1)c1ccccc1. The van der Waals surface area contributed by atoms with Crippen molar-refractivity contribution < 1.29 is 19.1 Å². The molecule has 2 aromatic heterocycles. The molecule has 5 heterocycles. The molecule has 14 heteroatoms. The fourth-order valence-electron chi connectivity index (χ4n) is 11.6. The van der Waals surface area contributed by atoms with E-state index in [4.69, 9.17) is 14.7 Å². The van der Waals surface area contributed by atoms with Crippen LogP contribution >= 0.6 is 0 Å². The van der Waals surface area contributed by atoms with Gasteiger partial charge in [-0.1, -0.05) is 116 Å². The van der Waals surface area contributed by atoms with Crippen LogP contribution in [0.2, 0.25) is 19.1 Å². The summed E-state index contributed by atoms with van der Waals surface area (Å²) in [6.07, 6.45) is 3.73. The molecule has 3 N–H and O–H groups in total. The zero-order valence-electron chi connectivity index (χ0n) is 42.9. The third-order valence-corrected chi connectivity index (χ3v) is 18.0. The summed E-state index contributed by atoms with van der Waals surface area (Å²) in [6, 6.07) is 32.4. The maximum absolute atomic E-state index is 14.9. The molecule has 70 heavy (non-hydrogen) atoms. The van der Waals surface area contributed by atoms with Crippen LogP contribution in [-0.2, 0) is 19.7 Å². The smallest absolute Gasteiger partial charge is 0.407 e. The number of nitrogens with zero attached hydrogens (tertiary/aromatic N) is 6. The third-order valence-electron chi connectivity index (χ3n) is 15.3. The Morgan fingerprint density at radius 1 is 0.771 bits per heavy atom. The summed E-state index contributed by atoms with van der Waals surface area (Å²) in [6.45, 7) is 21.9. The van der Waals surface area contributed by atoms with E-state index >= 15 is 0 Å². The van der Waals surface area contributed by atoms with Crippen molar-refractivity contribution in [2.45, 2.75) is 135 Å². The molecule has 6 atom stereocenters. The van der Waals surface area contributed by atoms with Gasteiger partial charge in [-0.15, -0.1) is 0 Å². The number of nitrogens with one attached hydrogen (secondary N) is 3. The van der Waals surface area contributed by atoms with Gasteiger partial charge in [-0.25, -0.2) is 14.8 Å². The second-order valence-corrected chi connectivity index (χ2v) is 27.1. The summed E-state index contributed by atoms with van der Waals surface area (Å²) < 4.78 is 4.86. The highest BCUT2D eigenvalue weighted by molar-refractivity contribution is 6.78. The minimum atomic E-state index is -1.76. The zero-order chi connectivity index (χ0) is 49.6. The van der Waals surface area contributed by atoms with E-state index in [1.807, 2.05) is 36.9 Å². The van der Waals surface area contributed by atoms with Crippen molar-refractivity contribution in [3.05, 3.63) is 125 Å². The number of likely N-dealkylation sites (N-methyl/N-ethyl adjacent to an activating group) is 1. The topological polar surface area (TPSA) is 143 Å². The van der Waals surface area contributed by atoms with Crippen LogP contribution in [0.1, 0.15) is 138 Å². The van der Waals surface area contributed by atoms with E-state index in [1.54, 1.807) is 0 Å². The average molecular weight is 964 g/mol. The maximum atomic E-state index is 14.9. The van der Waals surface area contributed by atoms with Gasteiger partial charge in [0.05, 0.1) is 61.4 Å². The summed E-state index contributed by atoms with van der Waals surface area (Å²) in [5, 5.41) is 2.76. The molecule has 6 aromatic rings. The lowest BCUT2D eigenvalue weighted by Gasteiger charge is -2.34. The summed E-state index contributed by atoms with van der Waals surface area (Å²) in [5.74, 6) is 1.56. The molecule has 0 saturated carbocycles. The lowest BCUT2D eigenvalue weighted by Crippen LogP contribution is -2.51. The van der Waals surface area contributed by atoms with Gasteiger partial charge >= 0.3 is 6.09 Å². The highest BCUT2D eigenvalue weighted by Crippen LogP contribution is 2.48. The number of aromatic nitrogens is 4. The number of aromatic amines is 2. The van der Waals surface area contributed by atoms with Crippen LogP contribution in [0, 0.1) is 5.92 Å². The number of imidazole rings is 2. The largest absolute Gasteiger partial charge is 0.453 e. The van der Waals surface area contributed by atoms with Gasteiger partial charge in [0.2, 0.25) is 11.8 Å². The van der Waals surface area contributed by atoms with Crippen LogP contribution in [0.4, 0.5) is 10.5 Å². The second kappa shape index (κ2) is 19.7. The van der Waals surface area contributed by atoms with E-state index in [-0.39, 0.29) is 53.4 Å². The molecule has 3 saturated heterocycles. The first-order valence-corrected chi connectivity index (χ1v) is 29.0. The van der Waals surface area contributed by atoms with Gasteiger partial charge in [-0.05, 0) is 115 Å². The Balaban J connectivity index is 1.02. The first-order valence-electron chi connectivity index (χ1n) is 25.6. The van der Waals surface area contributed by atoms with Crippen molar-refractivity contribution in [1.29, 1.82) is 0 Å². The average Bonchev–Trinajstić information content (AvgIpc) is 4.20. The Kier molecular flexibility index (Phi) is 13.8. The standard InChI is InChI=1S/C56H73N9O4Si/c1-11-62(12-2)50(36-17-14-13-15-18-36)54(67)64-34-70(9,10)33-48(64)52-58-42-27-21-38(32-44(42)60-52)46-29-28-45(65(46)40-24-22-39(23-25-40)56(5,6)7)37-20-26-41-43(31-37)59-51(57-41)47-19-16-30-63(47)53(66)49(35(3)4)61-55(68)69-8/h13-15,17-18,20-27,31-32,35,45-50H,11-12,16,19,28-30,33-34H2,1-10H3,(H,57,59)(H,58,60)(H,61,68)/t45-,46-,47+,48+,49+,50-/m1/s1. The van der Waals surface area contributed by atoms with Gasteiger partial charge in [-0.3, -0.25) is 14.5 Å². The number of benzene rings is 4. The molecule has 4 aromatic carbocycles. The molecule has 13 nitrogen and oxygen atoms in total.